The average molecular weight is 261 g/mol. The van der Waals surface area contributed by atoms with Crippen molar-refractivity contribution >= 4 is 5.91 Å². The average Bonchev–Trinajstić information content (AvgIpc) is 2.97. The van der Waals surface area contributed by atoms with Crippen molar-refractivity contribution in [3.63, 3.8) is 0 Å². The zero-order chi connectivity index (χ0) is 13.2. The molecule has 0 spiro atoms. The third kappa shape index (κ3) is 2.82. The Kier molecular flexibility index (Phi) is 3.58. The zero-order valence-corrected chi connectivity index (χ0v) is 11.7. The summed E-state index contributed by atoms with van der Waals surface area (Å²) >= 11 is 0. The Bertz CT molecular complexity index is 456. The molecule has 2 aliphatic carbocycles. The minimum Gasteiger partial charge on any atom is -0.354 e. The Morgan fingerprint density at radius 2 is 2.11 bits per heavy atom. The molecule has 0 aromatic carbocycles. The molecule has 2 saturated carbocycles. The second kappa shape index (κ2) is 5.35. The molecule has 0 unspecified atom stereocenters. The zero-order valence-electron chi connectivity index (χ0n) is 11.7. The van der Waals surface area contributed by atoms with Crippen LogP contribution < -0.4 is 5.32 Å². The monoisotopic (exact) mass is 261 g/mol. The van der Waals surface area contributed by atoms with Crippen LogP contribution in [0.2, 0.25) is 0 Å². The van der Waals surface area contributed by atoms with Crippen molar-refractivity contribution in [3.8, 4) is 0 Å². The van der Waals surface area contributed by atoms with Gasteiger partial charge in [0.15, 0.2) is 0 Å². The summed E-state index contributed by atoms with van der Waals surface area (Å²) in [6, 6.07) is 0. The SMILES string of the molecule is Cc1cnc(C2CC2)n1CCNC(=O)C1CCCC1. The molecular weight excluding hydrogens is 238 g/mol. The molecule has 2 aliphatic rings. The van der Waals surface area contributed by atoms with Crippen molar-refractivity contribution in [2.45, 2.75) is 57.9 Å². The third-order valence-corrected chi connectivity index (χ3v) is 4.39. The standard InChI is InChI=1S/C15H23N3O/c1-11-10-17-14(12-6-7-12)18(11)9-8-16-15(19)13-4-2-3-5-13/h10,12-13H,2-9H2,1H3,(H,16,19). The van der Waals surface area contributed by atoms with Gasteiger partial charge in [-0.2, -0.15) is 0 Å². The summed E-state index contributed by atoms with van der Waals surface area (Å²) in [6.45, 7) is 3.68. The molecule has 1 aromatic heterocycles. The number of hydrogen-bond acceptors (Lipinski definition) is 2. The molecule has 0 bridgehead atoms. The summed E-state index contributed by atoms with van der Waals surface area (Å²) in [5.41, 5.74) is 1.21. The van der Waals surface area contributed by atoms with Crippen LogP contribution in [0.4, 0.5) is 0 Å². The topological polar surface area (TPSA) is 46.9 Å². The Balaban J connectivity index is 1.51. The normalized spacial score (nSPS) is 19.8. The summed E-state index contributed by atoms with van der Waals surface area (Å²) in [5.74, 6) is 2.40. The minimum atomic E-state index is 0.253. The predicted molar refractivity (Wildman–Crippen MR) is 73.9 cm³/mol. The molecule has 1 amide bonds. The Labute approximate surface area is 114 Å². The second-order valence-electron chi connectivity index (χ2n) is 5.96. The van der Waals surface area contributed by atoms with Crippen molar-refractivity contribution in [1.29, 1.82) is 0 Å². The van der Waals surface area contributed by atoms with E-state index >= 15 is 0 Å². The number of amides is 1. The molecule has 0 radical (unpaired) electrons. The summed E-state index contributed by atoms with van der Waals surface area (Å²) in [7, 11) is 0. The maximum atomic E-state index is 12.0. The molecule has 104 valence electrons. The van der Waals surface area contributed by atoms with E-state index in [0.717, 1.165) is 25.9 Å². The third-order valence-electron chi connectivity index (χ3n) is 4.39. The van der Waals surface area contributed by atoms with Gasteiger partial charge in [0, 0.05) is 36.8 Å². The predicted octanol–water partition coefficient (Wildman–Crippen LogP) is 2.38. The van der Waals surface area contributed by atoms with Gasteiger partial charge < -0.3 is 9.88 Å². The molecule has 1 N–H and O–H groups in total. The first-order valence-electron chi connectivity index (χ1n) is 7.55. The van der Waals surface area contributed by atoms with Gasteiger partial charge in [0.2, 0.25) is 5.91 Å². The van der Waals surface area contributed by atoms with Crippen LogP contribution in [0, 0.1) is 12.8 Å². The van der Waals surface area contributed by atoms with Crippen molar-refractivity contribution in [2.24, 2.45) is 5.92 Å². The van der Waals surface area contributed by atoms with E-state index in [1.807, 2.05) is 6.20 Å². The number of aromatic nitrogens is 2. The number of hydrogen-bond donors (Lipinski definition) is 1. The van der Waals surface area contributed by atoms with Crippen LogP contribution >= 0.6 is 0 Å². The highest BCUT2D eigenvalue weighted by atomic mass is 16.1. The van der Waals surface area contributed by atoms with E-state index in [1.54, 1.807) is 0 Å². The fourth-order valence-corrected chi connectivity index (χ4v) is 3.06. The van der Waals surface area contributed by atoms with E-state index in [0.29, 0.717) is 5.92 Å². The van der Waals surface area contributed by atoms with Gasteiger partial charge in [-0.25, -0.2) is 4.98 Å². The lowest BCUT2D eigenvalue weighted by Crippen LogP contribution is -2.32. The number of nitrogens with zero attached hydrogens (tertiary/aromatic N) is 2. The van der Waals surface area contributed by atoms with Crippen molar-refractivity contribution < 1.29 is 4.79 Å². The van der Waals surface area contributed by atoms with Crippen LogP contribution in [0.5, 0.6) is 0 Å². The Hall–Kier alpha value is -1.32. The van der Waals surface area contributed by atoms with Gasteiger partial charge in [-0.1, -0.05) is 12.8 Å². The van der Waals surface area contributed by atoms with Crippen LogP contribution in [0.1, 0.15) is 56.0 Å². The molecule has 2 fully saturated rings. The lowest BCUT2D eigenvalue weighted by Gasteiger charge is -2.13. The molecule has 4 nitrogen and oxygen atoms in total. The summed E-state index contributed by atoms with van der Waals surface area (Å²) < 4.78 is 2.27. The molecule has 3 rings (SSSR count). The van der Waals surface area contributed by atoms with Gasteiger partial charge in [-0.15, -0.1) is 0 Å². The lowest BCUT2D eigenvalue weighted by atomic mass is 10.1. The molecule has 1 heterocycles. The summed E-state index contributed by atoms with van der Waals surface area (Å²) in [5, 5.41) is 3.09. The van der Waals surface area contributed by atoms with Crippen LogP contribution in [-0.2, 0) is 11.3 Å². The van der Waals surface area contributed by atoms with E-state index < -0.39 is 0 Å². The molecule has 0 saturated heterocycles. The minimum absolute atomic E-state index is 0.253. The number of nitrogens with one attached hydrogen (secondary N) is 1. The highest BCUT2D eigenvalue weighted by molar-refractivity contribution is 5.78. The number of imidazole rings is 1. The number of carbonyl (C=O) groups excluding carboxylic acids is 1. The van der Waals surface area contributed by atoms with Crippen LogP contribution in [-0.4, -0.2) is 22.0 Å². The van der Waals surface area contributed by atoms with Crippen LogP contribution in [0.25, 0.3) is 0 Å². The molecular formula is C15H23N3O. The molecule has 0 atom stereocenters. The van der Waals surface area contributed by atoms with E-state index in [9.17, 15) is 4.79 Å². The molecule has 0 aliphatic heterocycles. The summed E-state index contributed by atoms with van der Waals surface area (Å²) in [4.78, 5) is 16.5. The first kappa shape index (κ1) is 12.7. The van der Waals surface area contributed by atoms with E-state index in [4.69, 9.17) is 0 Å². The highest BCUT2D eigenvalue weighted by Crippen LogP contribution is 2.39. The fourth-order valence-electron chi connectivity index (χ4n) is 3.06. The smallest absolute Gasteiger partial charge is 0.223 e. The van der Waals surface area contributed by atoms with E-state index in [1.165, 1.54) is 37.2 Å². The molecule has 1 aromatic rings. The van der Waals surface area contributed by atoms with Crippen LogP contribution in [0.15, 0.2) is 6.20 Å². The maximum absolute atomic E-state index is 12.0. The number of aryl methyl sites for hydroxylation is 1. The first-order valence-corrected chi connectivity index (χ1v) is 7.55. The number of rotatable bonds is 5. The largest absolute Gasteiger partial charge is 0.354 e. The highest BCUT2D eigenvalue weighted by Gasteiger charge is 2.28. The number of carbonyl (C=O) groups is 1. The van der Waals surface area contributed by atoms with Gasteiger partial charge in [0.1, 0.15) is 5.82 Å². The van der Waals surface area contributed by atoms with E-state index in [2.05, 4.69) is 21.8 Å². The van der Waals surface area contributed by atoms with Crippen LogP contribution in [0.3, 0.4) is 0 Å². The molecule has 19 heavy (non-hydrogen) atoms. The van der Waals surface area contributed by atoms with Gasteiger partial charge in [0.05, 0.1) is 0 Å². The van der Waals surface area contributed by atoms with Crippen molar-refractivity contribution in [3.05, 3.63) is 17.7 Å². The quantitative estimate of drug-likeness (QED) is 0.884. The second-order valence-corrected chi connectivity index (χ2v) is 5.96. The molecule has 4 heteroatoms. The fraction of sp³-hybridized carbons (Fsp3) is 0.733. The Morgan fingerprint density at radius 3 is 2.79 bits per heavy atom. The summed E-state index contributed by atoms with van der Waals surface area (Å²) in [6.07, 6.45) is 9.06. The van der Waals surface area contributed by atoms with E-state index in [-0.39, 0.29) is 11.8 Å². The van der Waals surface area contributed by atoms with Crippen molar-refractivity contribution in [2.75, 3.05) is 6.54 Å². The van der Waals surface area contributed by atoms with Gasteiger partial charge in [0.25, 0.3) is 0 Å². The van der Waals surface area contributed by atoms with Gasteiger partial charge in [-0.05, 0) is 32.6 Å². The lowest BCUT2D eigenvalue weighted by molar-refractivity contribution is -0.124. The Morgan fingerprint density at radius 1 is 1.37 bits per heavy atom. The van der Waals surface area contributed by atoms with Gasteiger partial charge in [-0.3, -0.25) is 4.79 Å². The maximum Gasteiger partial charge on any atom is 0.223 e. The van der Waals surface area contributed by atoms with Crippen molar-refractivity contribution in [1.82, 2.24) is 14.9 Å². The first-order chi connectivity index (χ1) is 9.25. The van der Waals surface area contributed by atoms with Gasteiger partial charge >= 0.3 is 0 Å².